The highest BCUT2D eigenvalue weighted by Crippen LogP contribution is 2.57. The van der Waals surface area contributed by atoms with Crippen LogP contribution in [-0.4, -0.2) is 59.5 Å². The predicted octanol–water partition coefficient (Wildman–Crippen LogP) is 0.0637. The summed E-state index contributed by atoms with van der Waals surface area (Å²) in [6.07, 6.45) is -0.00506. The molecule has 122 valence electrons. The molecule has 1 amide bonds. The zero-order valence-electron chi connectivity index (χ0n) is 12.0. The van der Waals surface area contributed by atoms with Gasteiger partial charge in [-0.25, -0.2) is 0 Å². The number of hydrogen-bond donors (Lipinski definition) is 1. The standard InChI is InChI=1S/C12H16NO7PS/c1-12(16)10-8(6-18-21(22,17-2)20-10)19-11(12)13-4-3-7(14)5-9(13)15/h3-4,8,10-11,16H,5-6H2,1-2H3/t8-,10-,11-,12-,21?/m1/s1. The lowest BCUT2D eigenvalue weighted by Crippen LogP contribution is -2.55. The van der Waals surface area contributed by atoms with Gasteiger partial charge in [0.05, 0.1) is 13.0 Å². The second-order valence-corrected chi connectivity index (χ2v) is 8.53. The maximum absolute atomic E-state index is 12.0. The average Bonchev–Trinajstić information content (AvgIpc) is 2.71. The van der Waals surface area contributed by atoms with E-state index in [9.17, 15) is 14.7 Å². The lowest BCUT2D eigenvalue weighted by atomic mass is 9.95. The zero-order valence-corrected chi connectivity index (χ0v) is 13.7. The first kappa shape index (κ1) is 16.2. The van der Waals surface area contributed by atoms with Crippen molar-refractivity contribution in [1.29, 1.82) is 0 Å². The number of carbonyl (C=O) groups excluding carboxylic acids is 2. The van der Waals surface area contributed by atoms with Crippen LogP contribution in [0.3, 0.4) is 0 Å². The minimum absolute atomic E-state index is 0.104. The fraction of sp³-hybridized carbons (Fsp3) is 0.667. The summed E-state index contributed by atoms with van der Waals surface area (Å²) in [5, 5.41) is 10.8. The number of hydrogen-bond acceptors (Lipinski definition) is 8. The van der Waals surface area contributed by atoms with Crippen LogP contribution in [0.5, 0.6) is 0 Å². The van der Waals surface area contributed by atoms with Gasteiger partial charge in [0, 0.05) is 13.3 Å². The van der Waals surface area contributed by atoms with Crippen molar-refractivity contribution < 1.29 is 33.0 Å². The van der Waals surface area contributed by atoms with Crippen molar-refractivity contribution in [2.75, 3.05) is 13.7 Å². The van der Waals surface area contributed by atoms with Gasteiger partial charge < -0.3 is 18.9 Å². The number of ketones is 1. The molecule has 3 rings (SSSR count). The van der Waals surface area contributed by atoms with Crippen LogP contribution >= 0.6 is 6.72 Å². The van der Waals surface area contributed by atoms with Crippen molar-refractivity contribution in [2.24, 2.45) is 0 Å². The van der Waals surface area contributed by atoms with Gasteiger partial charge in [0.2, 0.25) is 5.91 Å². The molecule has 3 aliphatic heterocycles. The summed E-state index contributed by atoms with van der Waals surface area (Å²) < 4.78 is 21.8. The maximum atomic E-state index is 12.0. The van der Waals surface area contributed by atoms with Gasteiger partial charge in [0.1, 0.15) is 17.8 Å². The molecule has 10 heteroatoms. The SMILES string of the molecule is COP1(=S)OC[C@H]2O[C@@H](N3C=CC(=O)CC3=O)[C@](C)(O)[C@@H]2O1. The first-order chi connectivity index (χ1) is 10.3. The number of ether oxygens (including phenoxy) is 1. The van der Waals surface area contributed by atoms with Gasteiger partial charge in [0.25, 0.3) is 0 Å². The quantitative estimate of drug-likeness (QED) is 0.553. The molecule has 2 saturated heterocycles. The summed E-state index contributed by atoms with van der Waals surface area (Å²) in [7, 11) is 1.38. The molecular weight excluding hydrogens is 333 g/mol. The van der Waals surface area contributed by atoms with Crippen LogP contribution in [0.1, 0.15) is 13.3 Å². The molecule has 0 bridgehead atoms. The molecule has 5 atom stereocenters. The van der Waals surface area contributed by atoms with E-state index in [1.165, 1.54) is 31.2 Å². The molecule has 0 saturated carbocycles. The van der Waals surface area contributed by atoms with Gasteiger partial charge in [-0.3, -0.25) is 19.0 Å². The summed E-state index contributed by atoms with van der Waals surface area (Å²) in [4.78, 5) is 24.5. The number of fused-ring (bicyclic) bond motifs is 1. The van der Waals surface area contributed by atoms with Crippen LogP contribution in [0, 0.1) is 0 Å². The normalized spacial score (nSPS) is 45.2. The molecule has 0 aliphatic carbocycles. The van der Waals surface area contributed by atoms with E-state index in [-0.39, 0.29) is 18.8 Å². The van der Waals surface area contributed by atoms with Crippen LogP contribution in [-0.2, 0) is 39.7 Å². The number of carbonyl (C=O) groups is 2. The Bertz CT molecular complexity index is 592. The molecule has 0 aromatic heterocycles. The fourth-order valence-electron chi connectivity index (χ4n) is 2.72. The van der Waals surface area contributed by atoms with Crippen LogP contribution < -0.4 is 0 Å². The molecule has 0 spiro atoms. The lowest BCUT2D eigenvalue weighted by molar-refractivity contribution is -0.157. The van der Waals surface area contributed by atoms with Crippen molar-refractivity contribution in [2.45, 2.75) is 37.4 Å². The van der Waals surface area contributed by atoms with Crippen LogP contribution in [0.4, 0.5) is 0 Å². The van der Waals surface area contributed by atoms with Crippen molar-refractivity contribution in [3.8, 4) is 0 Å². The van der Waals surface area contributed by atoms with Gasteiger partial charge in [-0.05, 0) is 24.8 Å². The fourth-order valence-corrected chi connectivity index (χ4v) is 4.39. The molecule has 3 aliphatic rings. The third-order valence-corrected chi connectivity index (χ3v) is 6.29. The van der Waals surface area contributed by atoms with E-state index in [2.05, 4.69) is 0 Å². The Morgan fingerprint density at radius 1 is 1.55 bits per heavy atom. The average molecular weight is 349 g/mol. The van der Waals surface area contributed by atoms with Crippen LogP contribution in [0.2, 0.25) is 0 Å². The number of aliphatic hydroxyl groups is 1. The topological polar surface area (TPSA) is 94.5 Å². The van der Waals surface area contributed by atoms with Crippen molar-refractivity contribution in [3.63, 3.8) is 0 Å². The van der Waals surface area contributed by atoms with Crippen molar-refractivity contribution in [3.05, 3.63) is 12.3 Å². The Labute approximate surface area is 132 Å². The number of amides is 1. The Morgan fingerprint density at radius 2 is 2.27 bits per heavy atom. The second-order valence-electron chi connectivity index (χ2n) is 5.46. The number of allylic oxidation sites excluding steroid dienone is 1. The molecule has 0 aromatic carbocycles. The first-order valence-corrected chi connectivity index (χ1v) is 9.21. The molecule has 0 aromatic rings. The largest absolute Gasteiger partial charge is 0.383 e. The van der Waals surface area contributed by atoms with E-state index >= 15 is 0 Å². The Morgan fingerprint density at radius 3 is 2.91 bits per heavy atom. The van der Waals surface area contributed by atoms with E-state index in [4.69, 9.17) is 30.1 Å². The minimum atomic E-state index is -2.92. The Hall–Kier alpha value is -0.670. The van der Waals surface area contributed by atoms with Gasteiger partial charge in [-0.2, -0.15) is 0 Å². The summed E-state index contributed by atoms with van der Waals surface area (Å²) in [6.45, 7) is -1.31. The lowest BCUT2D eigenvalue weighted by Gasteiger charge is -2.38. The van der Waals surface area contributed by atoms with E-state index < -0.39 is 36.7 Å². The van der Waals surface area contributed by atoms with Crippen LogP contribution in [0.15, 0.2) is 12.3 Å². The third-order valence-electron chi connectivity index (χ3n) is 3.87. The highest BCUT2D eigenvalue weighted by atomic mass is 32.5. The molecule has 22 heavy (non-hydrogen) atoms. The molecular formula is C12H16NO7PS. The van der Waals surface area contributed by atoms with Gasteiger partial charge in [-0.1, -0.05) is 0 Å². The summed E-state index contributed by atoms with van der Waals surface area (Å²) in [6, 6.07) is 0. The predicted molar refractivity (Wildman–Crippen MR) is 77.0 cm³/mol. The third kappa shape index (κ3) is 2.56. The highest BCUT2D eigenvalue weighted by Gasteiger charge is 2.60. The summed E-state index contributed by atoms with van der Waals surface area (Å²) in [5.74, 6) is -0.728. The van der Waals surface area contributed by atoms with Gasteiger partial charge in [0.15, 0.2) is 12.0 Å². The Balaban J connectivity index is 1.87. The monoisotopic (exact) mass is 349 g/mol. The Kier molecular flexibility index (Phi) is 4.01. The number of rotatable bonds is 2. The van der Waals surface area contributed by atoms with Gasteiger partial charge in [-0.15, -0.1) is 0 Å². The molecule has 1 unspecified atom stereocenters. The molecule has 3 heterocycles. The zero-order chi connectivity index (χ0) is 16.1. The molecule has 2 fully saturated rings. The van der Waals surface area contributed by atoms with Crippen molar-refractivity contribution in [1.82, 2.24) is 4.90 Å². The smallest absolute Gasteiger partial charge is 0.327 e. The second kappa shape index (κ2) is 5.45. The summed E-state index contributed by atoms with van der Waals surface area (Å²) >= 11 is 5.15. The van der Waals surface area contributed by atoms with Gasteiger partial charge >= 0.3 is 6.72 Å². The van der Waals surface area contributed by atoms with E-state index in [1.54, 1.807) is 0 Å². The van der Waals surface area contributed by atoms with Crippen LogP contribution in [0.25, 0.3) is 0 Å². The van der Waals surface area contributed by atoms with E-state index in [1.807, 2.05) is 0 Å². The van der Waals surface area contributed by atoms with E-state index in [0.29, 0.717) is 0 Å². The minimum Gasteiger partial charge on any atom is -0.383 e. The first-order valence-electron chi connectivity index (χ1n) is 6.65. The molecule has 1 N–H and O–H groups in total. The maximum Gasteiger partial charge on any atom is 0.327 e. The summed E-state index contributed by atoms with van der Waals surface area (Å²) in [5.41, 5.74) is -1.52. The molecule has 0 radical (unpaired) electrons. The highest BCUT2D eigenvalue weighted by molar-refractivity contribution is 8.07. The van der Waals surface area contributed by atoms with E-state index in [0.717, 1.165) is 0 Å². The van der Waals surface area contributed by atoms with Crippen molar-refractivity contribution >= 4 is 30.2 Å². The number of nitrogens with zero attached hydrogens (tertiary/aromatic N) is 1. The molecule has 8 nitrogen and oxygen atoms in total.